The van der Waals surface area contributed by atoms with Crippen molar-refractivity contribution < 1.29 is 47.6 Å². The van der Waals surface area contributed by atoms with Crippen LogP contribution in [0.15, 0.2) is 109 Å². The topological polar surface area (TPSA) is 151 Å². The number of hydrogen-bond acceptors (Lipinski definition) is 6. The Balaban J connectivity index is 0.000000228. The van der Waals surface area contributed by atoms with Crippen LogP contribution in [0.3, 0.4) is 0 Å². The number of hydrogen-bond donors (Lipinski definition) is 4. The van der Waals surface area contributed by atoms with Crippen LogP contribution in [0, 0.1) is 11.6 Å². The molecule has 0 radical (unpaired) electrons. The Hall–Kier alpha value is -6.18. The molecule has 0 fully saturated rings. The van der Waals surface area contributed by atoms with E-state index in [9.17, 15) is 38.2 Å². The Morgan fingerprint density at radius 1 is 0.500 bits per heavy atom. The Morgan fingerprint density at radius 2 is 0.917 bits per heavy atom. The first-order valence-corrected chi connectivity index (χ1v) is 19.2. The second kappa shape index (κ2) is 20.2. The molecule has 0 atom stereocenters. The van der Waals surface area contributed by atoms with Crippen molar-refractivity contribution in [3.8, 4) is 33.8 Å². The summed E-state index contributed by atoms with van der Waals surface area (Å²) in [6, 6.07) is 27.4. The fraction of sp³-hybridized carbons (Fsp3) is 0.0909. The van der Waals surface area contributed by atoms with Crippen LogP contribution in [0.25, 0.3) is 22.3 Å². The summed E-state index contributed by atoms with van der Waals surface area (Å²) in [7, 11) is 0. The molecule has 0 aliphatic carbocycles. The molecule has 6 aromatic rings. The van der Waals surface area contributed by atoms with Gasteiger partial charge >= 0.3 is 11.9 Å². The van der Waals surface area contributed by atoms with Crippen LogP contribution in [0.2, 0.25) is 20.1 Å². The number of amides is 2. The van der Waals surface area contributed by atoms with E-state index in [2.05, 4.69) is 10.6 Å². The summed E-state index contributed by atoms with van der Waals surface area (Å²) >= 11 is 24.2. The van der Waals surface area contributed by atoms with E-state index < -0.39 is 35.4 Å². The molecule has 0 saturated heterocycles. The fourth-order valence-corrected chi connectivity index (χ4v) is 6.56. The number of rotatable bonds is 12. The van der Waals surface area contributed by atoms with Crippen LogP contribution in [0.1, 0.15) is 55.3 Å². The molecular weight excluding hydrogens is 864 g/mol. The number of carbonyl (C=O) groups is 4. The second-order valence-corrected chi connectivity index (χ2v) is 14.1. The summed E-state index contributed by atoms with van der Waals surface area (Å²) in [6.07, 6.45) is 0. The van der Waals surface area contributed by atoms with Crippen molar-refractivity contribution in [1.29, 1.82) is 0 Å². The number of benzene rings is 6. The average Bonchev–Trinajstić information content (AvgIpc) is 3.21. The number of halogens is 6. The van der Waals surface area contributed by atoms with E-state index in [1.54, 1.807) is 48.5 Å². The molecule has 0 aromatic heterocycles. The molecule has 0 heterocycles. The van der Waals surface area contributed by atoms with Gasteiger partial charge in [-0.05, 0) is 109 Å². The minimum absolute atomic E-state index is 0.0111. The van der Waals surface area contributed by atoms with Crippen LogP contribution < -0.4 is 20.1 Å². The van der Waals surface area contributed by atoms with Gasteiger partial charge in [0.15, 0.2) is 0 Å². The summed E-state index contributed by atoms with van der Waals surface area (Å²) in [4.78, 5) is 47.9. The van der Waals surface area contributed by atoms with Gasteiger partial charge in [0, 0.05) is 0 Å². The molecular formula is C44H32Cl4F2N2O8. The third-order valence-electron chi connectivity index (χ3n) is 8.46. The highest BCUT2D eigenvalue weighted by atomic mass is 35.5. The number of carboxylic acids is 2. The van der Waals surface area contributed by atoms with Gasteiger partial charge in [-0.2, -0.15) is 0 Å². The van der Waals surface area contributed by atoms with Gasteiger partial charge in [-0.25, -0.2) is 18.4 Å². The van der Waals surface area contributed by atoms with Crippen molar-refractivity contribution in [3.63, 3.8) is 0 Å². The van der Waals surface area contributed by atoms with E-state index in [1.807, 2.05) is 13.8 Å². The molecule has 0 unspecified atom stereocenters. The molecule has 6 rings (SSSR count). The lowest BCUT2D eigenvalue weighted by molar-refractivity contribution is 0.0683. The van der Waals surface area contributed by atoms with E-state index in [0.717, 1.165) is 12.1 Å². The van der Waals surface area contributed by atoms with Gasteiger partial charge in [0.05, 0.1) is 66.9 Å². The Kier molecular flexibility index (Phi) is 15.1. The van der Waals surface area contributed by atoms with E-state index in [-0.39, 0.29) is 53.7 Å². The monoisotopic (exact) mass is 894 g/mol. The van der Waals surface area contributed by atoms with Gasteiger partial charge in [0.1, 0.15) is 23.1 Å². The van der Waals surface area contributed by atoms with Gasteiger partial charge in [-0.3, -0.25) is 9.59 Å². The lowest BCUT2D eigenvalue weighted by atomic mass is 10.0. The summed E-state index contributed by atoms with van der Waals surface area (Å²) in [6.45, 7) is 4.70. The zero-order valence-corrected chi connectivity index (χ0v) is 34.4. The fourth-order valence-electron chi connectivity index (χ4n) is 5.72. The molecule has 4 N–H and O–H groups in total. The highest BCUT2D eigenvalue weighted by Gasteiger charge is 2.23. The predicted octanol–water partition coefficient (Wildman–Crippen LogP) is 12.3. The third kappa shape index (κ3) is 10.9. The largest absolute Gasteiger partial charge is 0.494 e. The highest BCUT2D eigenvalue weighted by Crippen LogP contribution is 2.36. The number of aromatic carboxylic acids is 2. The molecule has 0 aliphatic rings. The highest BCUT2D eigenvalue weighted by molar-refractivity contribution is 6.42. The van der Waals surface area contributed by atoms with E-state index >= 15 is 0 Å². The smallest absolute Gasteiger partial charge is 0.336 e. The summed E-state index contributed by atoms with van der Waals surface area (Å²) in [5.41, 5.74) is 0.891. The van der Waals surface area contributed by atoms with Crippen molar-refractivity contribution in [2.45, 2.75) is 13.8 Å². The first-order valence-electron chi connectivity index (χ1n) is 17.7. The maximum absolute atomic E-state index is 14.8. The zero-order valence-electron chi connectivity index (χ0n) is 31.4. The van der Waals surface area contributed by atoms with Crippen LogP contribution in [-0.2, 0) is 0 Å². The molecule has 2 amide bonds. The van der Waals surface area contributed by atoms with Crippen LogP contribution in [0.5, 0.6) is 11.5 Å². The number of ether oxygens (including phenoxy) is 2. The van der Waals surface area contributed by atoms with Crippen molar-refractivity contribution in [2.24, 2.45) is 0 Å². The zero-order chi connectivity index (χ0) is 43.7. The van der Waals surface area contributed by atoms with Crippen molar-refractivity contribution in [1.82, 2.24) is 0 Å². The van der Waals surface area contributed by atoms with Gasteiger partial charge < -0.3 is 30.3 Å². The minimum Gasteiger partial charge on any atom is -0.494 e. The van der Waals surface area contributed by atoms with Crippen molar-refractivity contribution >= 4 is 81.5 Å². The lowest BCUT2D eigenvalue weighted by Gasteiger charge is -2.13. The molecule has 0 saturated carbocycles. The van der Waals surface area contributed by atoms with E-state index in [0.29, 0.717) is 47.0 Å². The molecule has 60 heavy (non-hydrogen) atoms. The standard InChI is InChI=1S/C22H15Cl3FNO4.C22H17ClFNO4/c1-2-31-13-5-3-4-11(6-13)12-7-18(25)20(19(26)8-12)27-21(28)14-9-16(23)17(24)10-15(14)22(29)30;1-2-29-15-7-5-6-13(10-15)14-11-18(23)20(19(24)12-14)25-21(26)16-8-3-4-9-17(16)22(27)28/h3-10H,2H2,1H3,(H,27,28)(H,29,30);3-12H,2H2,1H3,(H,25,26)(H,27,28). The molecule has 0 spiro atoms. The van der Waals surface area contributed by atoms with Crippen LogP contribution >= 0.6 is 46.4 Å². The van der Waals surface area contributed by atoms with Crippen molar-refractivity contribution in [3.05, 3.63) is 163 Å². The number of carboxylic acid groups (broad SMARTS) is 2. The van der Waals surface area contributed by atoms with Crippen LogP contribution in [0.4, 0.5) is 20.2 Å². The first kappa shape index (κ1) is 44.9. The normalized spacial score (nSPS) is 10.5. The van der Waals surface area contributed by atoms with Gasteiger partial charge in [-0.15, -0.1) is 0 Å². The lowest BCUT2D eigenvalue weighted by Crippen LogP contribution is -2.17. The molecule has 6 aromatic carbocycles. The van der Waals surface area contributed by atoms with Gasteiger partial charge in [0.2, 0.25) is 0 Å². The quantitative estimate of drug-likeness (QED) is 0.0948. The number of nitrogens with one attached hydrogen (secondary N) is 2. The summed E-state index contributed by atoms with van der Waals surface area (Å²) in [5.74, 6) is -4.59. The number of anilines is 2. The maximum Gasteiger partial charge on any atom is 0.336 e. The Bertz CT molecular complexity index is 2580. The van der Waals surface area contributed by atoms with E-state index in [1.165, 1.54) is 48.5 Å². The first-order chi connectivity index (χ1) is 28.6. The predicted molar refractivity (Wildman–Crippen MR) is 229 cm³/mol. The average molecular weight is 897 g/mol. The third-order valence-corrected chi connectivity index (χ3v) is 9.77. The second-order valence-electron chi connectivity index (χ2n) is 12.4. The van der Waals surface area contributed by atoms with Crippen LogP contribution in [-0.4, -0.2) is 47.2 Å². The Labute approximate surface area is 362 Å². The maximum atomic E-state index is 14.8. The van der Waals surface area contributed by atoms with E-state index in [4.69, 9.17) is 55.9 Å². The molecule has 0 aliphatic heterocycles. The van der Waals surface area contributed by atoms with Gasteiger partial charge in [0.25, 0.3) is 11.8 Å². The molecule has 10 nitrogen and oxygen atoms in total. The summed E-state index contributed by atoms with van der Waals surface area (Å²) in [5, 5.41) is 23.1. The van der Waals surface area contributed by atoms with Crippen molar-refractivity contribution in [2.75, 3.05) is 23.8 Å². The summed E-state index contributed by atoms with van der Waals surface area (Å²) < 4.78 is 40.5. The molecule has 0 bridgehead atoms. The Morgan fingerprint density at radius 3 is 1.33 bits per heavy atom. The minimum atomic E-state index is -1.39. The molecule has 16 heteroatoms. The molecule has 308 valence electrons. The van der Waals surface area contributed by atoms with Gasteiger partial charge in [-0.1, -0.05) is 82.8 Å². The number of carbonyl (C=O) groups excluding carboxylic acids is 2. The SMILES string of the molecule is CCOc1cccc(-c2cc(F)c(NC(=O)c3cc(Cl)c(Cl)cc3C(=O)O)c(Cl)c2)c1.CCOc1cccc(-c2cc(F)c(NC(=O)c3ccccc3C(=O)O)c(Cl)c2)c1.